The molecule has 5 nitrogen and oxygen atoms in total. The van der Waals surface area contributed by atoms with Gasteiger partial charge in [0.05, 0.1) is 24.9 Å². The molecule has 0 aliphatic heterocycles. The number of furan rings is 1. The molecule has 0 saturated carbocycles. The van der Waals surface area contributed by atoms with Crippen LogP contribution in [0.3, 0.4) is 0 Å². The lowest BCUT2D eigenvalue weighted by molar-refractivity contribution is -0.162. The first-order valence-corrected chi connectivity index (χ1v) is 7.77. The molecule has 26 heavy (non-hydrogen) atoms. The fraction of sp³-hybridized carbons (Fsp3) is 0.222. The van der Waals surface area contributed by atoms with Crippen molar-refractivity contribution in [1.29, 1.82) is 0 Å². The Morgan fingerprint density at radius 2 is 1.85 bits per heavy atom. The number of aromatic nitrogens is 1. The third-order valence-corrected chi connectivity index (χ3v) is 3.55. The Hall–Kier alpha value is -3.03. The van der Waals surface area contributed by atoms with Gasteiger partial charge in [-0.1, -0.05) is 18.2 Å². The minimum atomic E-state index is -4.51. The van der Waals surface area contributed by atoms with E-state index in [1.165, 1.54) is 18.6 Å². The first-order valence-electron chi connectivity index (χ1n) is 7.77. The summed E-state index contributed by atoms with van der Waals surface area (Å²) in [4.78, 5) is 17.2. The van der Waals surface area contributed by atoms with Gasteiger partial charge in [0.2, 0.25) is 11.8 Å². The SMILES string of the molecule is O=C(Cc1coc(-c2ccccc2)n1)N(Cc1ccco1)CC(F)(F)F. The molecule has 0 unspecified atom stereocenters. The Morgan fingerprint density at radius 3 is 2.50 bits per heavy atom. The summed E-state index contributed by atoms with van der Waals surface area (Å²) >= 11 is 0. The summed E-state index contributed by atoms with van der Waals surface area (Å²) in [5, 5.41) is 0. The number of hydrogen-bond acceptors (Lipinski definition) is 4. The minimum Gasteiger partial charge on any atom is -0.467 e. The second kappa shape index (κ2) is 7.47. The van der Waals surface area contributed by atoms with Crippen molar-refractivity contribution in [3.63, 3.8) is 0 Å². The van der Waals surface area contributed by atoms with Crippen LogP contribution < -0.4 is 0 Å². The van der Waals surface area contributed by atoms with Crippen molar-refractivity contribution >= 4 is 5.91 Å². The molecule has 136 valence electrons. The highest BCUT2D eigenvalue weighted by Gasteiger charge is 2.33. The Morgan fingerprint density at radius 1 is 1.08 bits per heavy atom. The molecule has 0 aliphatic carbocycles. The third kappa shape index (κ3) is 4.75. The van der Waals surface area contributed by atoms with Crippen LogP contribution in [-0.2, 0) is 17.8 Å². The number of oxazole rings is 1. The fourth-order valence-corrected chi connectivity index (χ4v) is 2.41. The molecule has 1 amide bonds. The molecule has 3 aromatic rings. The topological polar surface area (TPSA) is 59.5 Å². The van der Waals surface area contributed by atoms with Gasteiger partial charge < -0.3 is 13.7 Å². The van der Waals surface area contributed by atoms with E-state index in [0.29, 0.717) is 16.4 Å². The van der Waals surface area contributed by atoms with Crippen LogP contribution in [0.5, 0.6) is 0 Å². The summed E-state index contributed by atoms with van der Waals surface area (Å²) in [6.07, 6.45) is -2.19. The number of halogens is 3. The summed E-state index contributed by atoms with van der Waals surface area (Å²) in [6.45, 7) is -1.63. The van der Waals surface area contributed by atoms with Crippen LogP contribution in [0.25, 0.3) is 11.5 Å². The number of amides is 1. The molecule has 0 bridgehead atoms. The smallest absolute Gasteiger partial charge is 0.406 e. The van der Waals surface area contributed by atoms with Gasteiger partial charge >= 0.3 is 6.18 Å². The van der Waals surface area contributed by atoms with E-state index in [9.17, 15) is 18.0 Å². The van der Waals surface area contributed by atoms with E-state index in [0.717, 1.165) is 0 Å². The van der Waals surface area contributed by atoms with Crippen molar-refractivity contribution in [2.24, 2.45) is 0 Å². The van der Waals surface area contributed by atoms with Gasteiger partial charge in [-0.3, -0.25) is 4.79 Å². The van der Waals surface area contributed by atoms with Gasteiger partial charge in [0.1, 0.15) is 18.6 Å². The lowest BCUT2D eigenvalue weighted by atomic mass is 10.2. The zero-order chi connectivity index (χ0) is 18.6. The summed E-state index contributed by atoms with van der Waals surface area (Å²) in [5.74, 6) is -0.138. The van der Waals surface area contributed by atoms with Crippen LogP contribution in [0.15, 0.2) is 63.8 Å². The molecule has 2 heterocycles. The highest BCUT2D eigenvalue weighted by atomic mass is 19.4. The monoisotopic (exact) mass is 364 g/mol. The number of carbonyl (C=O) groups is 1. The Kier molecular flexibility index (Phi) is 5.11. The molecule has 8 heteroatoms. The maximum absolute atomic E-state index is 12.8. The lowest BCUT2D eigenvalue weighted by Gasteiger charge is -2.22. The van der Waals surface area contributed by atoms with Crippen LogP contribution in [-0.4, -0.2) is 28.5 Å². The van der Waals surface area contributed by atoms with Crippen molar-refractivity contribution in [1.82, 2.24) is 9.88 Å². The Labute approximate surface area is 147 Å². The summed E-state index contributed by atoms with van der Waals surface area (Å²) < 4.78 is 48.8. The van der Waals surface area contributed by atoms with E-state index in [1.54, 1.807) is 30.3 Å². The molecule has 0 saturated heterocycles. The first kappa shape index (κ1) is 17.8. The van der Waals surface area contributed by atoms with Gasteiger partial charge in [-0.05, 0) is 24.3 Å². The van der Waals surface area contributed by atoms with Crippen molar-refractivity contribution in [2.45, 2.75) is 19.1 Å². The molecule has 0 radical (unpaired) electrons. The second-order valence-corrected chi connectivity index (χ2v) is 5.63. The standard InChI is InChI=1S/C18H15F3N2O3/c19-18(20,21)12-23(10-15-7-4-8-25-15)16(24)9-14-11-26-17(22-14)13-5-2-1-3-6-13/h1-8,11H,9-10,12H2. The van der Waals surface area contributed by atoms with Gasteiger partial charge in [0.15, 0.2) is 0 Å². The highest BCUT2D eigenvalue weighted by Crippen LogP contribution is 2.21. The quantitative estimate of drug-likeness (QED) is 0.662. The van der Waals surface area contributed by atoms with E-state index in [1.807, 2.05) is 6.07 Å². The van der Waals surface area contributed by atoms with E-state index in [4.69, 9.17) is 8.83 Å². The Bertz CT molecular complexity index is 842. The van der Waals surface area contributed by atoms with E-state index >= 15 is 0 Å². The first-order chi connectivity index (χ1) is 12.4. The predicted molar refractivity (Wildman–Crippen MR) is 85.8 cm³/mol. The molecule has 0 N–H and O–H groups in total. The van der Waals surface area contributed by atoms with Crippen LogP contribution >= 0.6 is 0 Å². The molecule has 0 atom stereocenters. The van der Waals surface area contributed by atoms with E-state index in [-0.39, 0.29) is 24.4 Å². The number of carbonyl (C=O) groups excluding carboxylic acids is 1. The van der Waals surface area contributed by atoms with E-state index in [2.05, 4.69) is 4.98 Å². The summed E-state index contributed by atoms with van der Waals surface area (Å²) in [7, 11) is 0. The molecule has 2 aromatic heterocycles. The van der Waals surface area contributed by atoms with Crippen molar-refractivity contribution < 1.29 is 26.8 Å². The minimum absolute atomic E-state index is 0.264. The number of nitrogens with zero attached hydrogens (tertiary/aromatic N) is 2. The highest BCUT2D eigenvalue weighted by molar-refractivity contribution is 5.78. The van der Waals surface area contributed by atoms with Crippen LogP contribution in [0, 0.1) is 0 Å². The molecular formula is C18H15F3N2O3. The van der Waals surface area contributed by atoms with E-state index < -0.39 is 18.6 Å². The molecular weight excluding hydrogens is 349 g/mol. The predicted octanol–water partition coefficient (Wildman–Crippen LogP) is 4.07. The van der Waals surface area contributed by atoms with Gasteiger partial charge in [0.25, 0.3) is 0 Å². The van der Waals surface area contributed by atoms with Crippen LogP contribution in [0.1, 0.15) is 11.5 Å². The van der Waals surface area contributed by atoms with Crippen molar-refractivity contribution in [2.75, 3.05) is 6.54 Å². The maximum atomic E-state index is 12.8. The van der Waals surface area contributed by atoms with Gasteiger partial charge in [-0.2, -0.15) is 13.2 Å². The summed E-state index contributed by atoms with van der Waals surface area (Å²) in [6, 6.07) is 12.1. The van der Waals surface area contributed by atoms with Crippen molar-refractivity contribution in [3.8, 4) is 11.5 Å². The second-order valence-electron chi connectivity index (χ2n) is 5.63. The average Bonchev–Trinajstić information content (AvgIpc) is 3.26. The Balaban J connectivity index is 1.72. The fourth-order valence-electron chi connectivity index (χ4n) is 2.41. The third-order valence-electron chi connectivity index (χ3n) is 3.55. The molecule has 3 rings (SSSR count). The van der Waals surface area contributed by atoms with Crippen LogP contribution in [0.2, 0.25) is 0 Å². The number of hydrogen-bond donors (Lipinski definition) is 0. The lowest BCUT2D eigenvalue weighted by Crippen LogP contribution is -2.39. The zero-order valence-corrected chi connectivity index (χ0v) is 13.6. The zero-order valence-electron chi connectivity index (χ0n) is 13.6. The summed E-state index contributed by atoms with van der Waals surface area (Å²) in [5.41, 5.74) is 0.981. The van der Waals surface area contributed by atoms with Gasteiger partial charge in [0, 0.05) is 5.56 Å². The molecule has 0 aliphatic rings. The van der Waals surface area contributed by atoms with Gasteiger partial charge in [-0.15, -0.1) is 0 Å². The number of benzene rings is 1. The molecule has 0 fully saturated rings. The van der Waals surface area contributed by atoms with Crippen molar-refractivity contribution in [3.05, 3.63) is 66.4 Å². The maximum Gasteiger partial charge on any atom is 0.406 e. The molecule has 1 aromatic carbocycles. The van der Waals surface area contributed by atoms with Crippen LogP contribution in [0.4, 0.5) is 13.2 Å². The normalized spacial score (nSPS) is 11.5. The average molecular weight is 364 g/mol. The largest absolute Gasteiger partial charge is 0.467 e. The van der Waals surface area contributed by atoms with Gasteiger partial charge in [-0.25, -0.2) is 4.98 Å². The molecule has 0 spiro atoms. The number of rotatable bonds is 6. The number of alkyl halides is 3.